The van der Waals surface area contributed by atoms with Crippen LogP contribution in [-0.4, -0.2) is 16.5 Å². The Labute approximate surface area is 136 Å². The molecule has 5 heteroatoms. The van der Waals surface area contributed by atoms with Crippen LogP contribution in [-0.2, 0) is 0 Å². The molecular weight excluding hydrogens is 292 g/mol. The van der Waals surface area contributed by atoms with Crippen LogP contribution >= 0.6 is 12.2 Å². The molecule has 0 saturated heterocycles. The minimum Gasteiger partial charge on any atom is -0.252 e. The summed E-state index contributed by atoms with van der Waals surface area (Å²) in [6.45, 7) is 3.84. The molecule has 2 aromatic rings. The van der Waals surface area contributed by atoms with Crippen LogP contribution < -0.4 is 10.9 Å². The van der Waals surface area contributed by atoms with E-state index in [0.717, 1.165) is 22.6 Å². The van der Waals surface area contributed by atoms with E-state index < -0.39 is 0 Å². The van der Waals surface area contributed by atoms with E-state index in [0.29, 0.717) is 5.11 Å². The van der Waals surface area contributed by atoms with E-state index >= 15 is 0 Å². The molecule has 2 N–H and O–H groups in total. The topological polar surface area (TPSA) is 48.8 Å². The minimum absolute atomic E-state index is 0.352. The van der Waals surface area contributed by atoms with Gasteiger partial charge in [-0.15, -0.1) is 0 Å². The van der Waals surface area contributed by atoms with Crippen LogP contribution in [0.3, 0.4) is 0 Å². The highest BCUT2D eigenvalue weighted by molar-refractivity contribution is 7.80. The Balaban J connectivity index is 1.91. The van der Waals surface area contributed by atoms with Gasteiger partial charge < -0.3 is 0 Å². The summed E-state index contributed by atoms with van der Waals surface area (Å²) in [7, 11) is 0. The molecule has 2 aromatic carbocycles. The Bertz CT molecular complexity index is 619. The maximum absolute atomic E-state index is 5.15. The molecule has 0 atom stereocenters. The third-order valence-corrected chi connectivity index (χ3v) is 3.22. The summed E-state index contributed by atoms with van der Waals surface area (Å²) in [4.78, 5) is 0. The largest absolute Gasteiger partial charge is 0.252 e. The first kappa shape index (κ1) is 15.9. The van der Waals surface area contributed by atoms with Gasteiger partial charge in [-0.3, -0.25) is 10.9 Å². The number of hydrogen-bond donors (Lipinski definition) is 2. The van der Waals surface area contributed by atoms with Crippen LogP contribution in [0.5, 0.6) is 0 Å². The monoisotopic (exact) mass is 310 g/mol. The normalized spacial score (nSPS) is 11.9. The molecule has 0 fully saturated rings. The molecule has 4 nitrogen and oxygen atoms in total. The average Bonchev–Trinajstić information content (AvgIpc) is 2.59. The number of nitrogens with zero attached hydrogens (tertiary/aromatic N) is 2. The van der Waals surface area contributed by atoms with Crippen molar-refractivity contribution in [3.05, 3.63) is 71.8 Å². The maximum atomic E-state index is 5.15. The fraction of sp³-hybridized carbons (Fsp3) is 0.118. The third-order valence-electron chi connectivity index (χ3n) is 3.03. The van der Waals surface area contributed by atoms with Crippen molar-refractivity contribution in [2.45, 2.75) is 13.8 Å². The highest BCUT2D eigenvalue weighted by Gasteiger charge is 1.98. The predicted molar refractivity (Wildman–Crippen MR) is 96.2 cm³/mol. The van der Waals surface area contributed by atoms with E-state index in [1.807, 2.05) is 74.5 Å². The lowest BCUT2D eigenvalue weighted by atomic mass is 10.1. The molecule has 0 bridgehead atoms. The number of thiocarbonyl (C=S) groups is 1. The second-order valence-electron chi connectivity index (χ2n) is 4.68. The molecule has 2 rings (SSSR count). The van der Waals surface area contributed by atoms with Crippen LogP contribution in [0, 0.1) is 0 Å². The van der Waals surface area contributed by atoms with Gasteiger partial charge in [-0.2, -0.15) is 10.2 Å². The van der Waals surface area contributed by atoms with Crippen LogP contribution in [0.4, 0.5) is 0 Å². The van der Waals surface area contributed by atoms with Crippen molar-refractivity contribution >= 4 is 28.8 Å². The maximum Gasteiger partial charge on any atom is 0.207 e. The Hall–Kier alpha value is -2.53. The van der Waals surface area contributed by atoms with Crippen LogP contribution in [0.15, 0.2) is 70.9 Å². The standard InChI is InChI=1S/C17H18N4S/c1-13(15-9-5-3-6-10-15)18-20-17(22)21-19-14(2)16-11-7-4-8-12-16/h3-12H,1-2H3,(H2,20,21,22)/b18-13-,19-14+. The van der Waals surface area contributed by atoms with Crippen LogP contribution in [0.2, 0.25) is 0 Å². The van der Waals surface area contributed by atoms with Crippen molar-refractivity contribution < 1.29 is 0 Å². The van der Waals surface area contributed by atoms with Gasteiger partial charge in [-0.25, -0.2) is 0 Å². The fourth-order valence-corrected chi connectivity index (χ4v) is 1.87. The molecule has 22 heavy (non-hydrogen) atoms. The summed E-state index contributed by atoms with van der Waals surface area (Å²) in [5.41, 5.74) is 9.37. The highest BCUT2D eigenvalue weighted by Crippen LogP contribution is 2.00. The molecule has 0 spiro atoms. The molecule has 0 saturated carbocycles. The van der Waals surface area contributed by atoms with E-state index in [1.54, 1.807) is 0 Å². The lowest BCUT2D eigenvalue weighted by molar-refractivity contribution is 0.925. The first-order valence-electron chi connectivity index (χ1n) is 6.92. The SMILES string of the molecule is C/C(=N/NC(=S)N/N=C(\C)c1ccccc1)c1ccccc1. The molecule has 0 amide bonds. The summed E-state index contributed by atoms with van der Waals surface area (Å²) in [6, 6.07) is 19.8. The van der Waals surface area contributed by atoms with Crippen molar-refractivity contribution in [2.24, 2.45) is 10.2 Å². The van der Waals surface area contributed by atoms with Gasteiger partial charge in [0.25, 0.3) is 0 Å². The number of hydrogen-bond acceptors (Lipinski definition) is 3. The van der Waals surface area contributed by atoms with Gasteiger partial charge in [-0.1, -0.05) is 60.7 Å². The Kier molecular flexibility index (Phi) is 5.80. The zero-order valence-electron chi connectivity index (χ0n) is 12.6. The Morgan fingerprint density at radius 1 is 0.727 bits per heavy atom. The average molecular weight is 310 g/mol. The molecule has 0 aliphatic rings. The minimum atomic E-state index is 0.352. The second kappa shape index (κ2) is 8.05. The third kappa shape index (κ3) is 4.79. The molecule has 0 unspecified atom stereocenters. The van der Waals surface area contributed by atoms with Gasteiger partial charge >= 0.3 is 0 Å². The van der Waals surface area contributed by atoms with Crippen molar-refractivity contribution in [2.75, 3.05) is 0 Å². The van der Waals surface area contributed by atoms with Gasteiger partial charge in [0.05, 0.1) is 11.4 Å². The lowest BCUT2D eigenvalue weighted by Gasteiger charge is -2.06. The molecular formula is C17H18N4S. The van der Waals surface area contributed by atoms with E-state index in [4.69, 9.17) is 12.2 Å². The molecule has 112 valence electrons. The van der Waals surface area contributed by atoms with E-state index in [2.05, 4.69) is 21.1 Å². The van der Waals surface area contributed by atoms with Gasteiger partial charge in [-0.05, 0) is 37.2 Å². The van der Waals surface area contributed by atoms with Crippen molar-refractivity contribution in [3.8, 4) is 0 Å². The van der Waals surface area contributed by atoms with Gasteiger partial charge in [0.15, 0.2) is 0 Å². The smallest absolute Gasteiger partial charge is 0.207 e. The highest BCUT2D eigenvalue weighted by atomic mass is 32.1. The molecule has 0 aromatic heterocycles. The summed E-state index contributed by atoms with van der Waals surface area (Å²) in [5.74, 6) is 0. The summed E-state index contributed by atoms with van der Waals surface area (Å²) in [5, 5.41) is 8.83. The summed E-state index contributed by atoms with van der Waals surface area (Å²) >= 11 is 5.15. The number of benzene rings is 2. The number of hydrazone groups is 2. The molecule has 0 heterocycles. The van der Waals surface area contributed by atoms with Gasteiger partial charge in [0, 0.05) is 0 Å². The van der Waals surface area contributed by atoms with Crippen molar-refractivity contribution in [1.82, 2.24) is 10.9 Å². The molecule has 0 aliphatic carbocycles. The molecule has 0 aliphatic heterocycles. The van der Waals surface area contributed by atoms with Gasteiger partial charge in [0.1, 0.15) is 0 Å². The quantitative estimate of drug-likeness (QED) is 0.517. The number of nitrogens with one attached hydrogen (secondary N) is 2. The number of rotatable bonds is 4. The fourth-order valence-electron chi connectivity index (χ4n) is 1.78. The lowest BCUT2D eigenvalue weighted by Crippen LogP contribution is -2.29. The van der Waals surface area contributed by atoms with Crippen LogP contribution in [0.1, 0.15) is 25.0 Å². The Morgan fingerprint density at radius 3 is 1.45 bits per heavy atom. The van der Waals surface area contributed by atoms with E-state index in [1.165, 1.54) is 0 Å². The van der Waals surface area contributed by atoms with Gasteiger partial charge in [0.2, 0.25) is 5.11 Å². The van der Waals surface area contributed by atoms with E-state index in [-0.39, 0.29) is 0 Å². The zero-order chi connectivity index (χ0) is 15.8. The zero-order valence-corrected chi connectivity index (χ0v) is 13.4. The summed E-state index contributed by atoms with van der Waals surface area (Å²) < 4.78 is 0. The molecule has 0 radical (unpaired) electrons. The second-order valence-corrected chi connectivity index (χ2v) is 5.09. The first-order chi connectivity index (χ1) is 10.7. The van der Waals surface area contributed by atoms with E-state index in [9.17, 15) is 0 Å². The first-order valence-corrected chi connectivity index (χ1v) is 7.33. The predicted octanol–water partition coefficient (Wildman–Crippen LogP) is 3.30. The summed E-state index contributed by atoms with van der Waals surface area (Å²) in [6.07, 6.45) is 0. The van der Waals surface area contributed by atoms with Crippen molar-refractivity contribution in [3.63, 3.8) is 0 Å². The Morgan fingerprint density at radius 2 is 1.09 bits per heavy atom. The van der Waals surface area contributed by atoms with Crippen LogP contribution in [0.25, 0.3) is 0 Å². The van der Waals surface area contributed by atoms with Crippen molar-refractivity contribution in [1.29, 1.82) is 0 Å².